The van der Waals surface area contributed by atoms with Crippen molar-refractivity contribution < 1.29 is 9.59 Å². The largest absolute Gasteiger partial charge is 0.356 e. The number of nitrogens with zero attached hydrogens (tertiary/aromatic N) is 1. The van der Waals surface area contributed by atoms with E-state index in [1.807, 2.05) is 44.2 Å². The standard InChI is InChI=1S/C15H22N2O2/c1-12(2)11-16-15(19)9-10-17(13(3)18)14-7-5-4-6-8-14/h4-8,12H,9-11H2,1-3H3,(H,16,19). The number of benzene rings is 1. The number of amides is 2. The van der Waals surface area contributed by atoms with Crippen LogP contribution in [0.2, 0.25) is 0 Å². The lowest BCUT2D eigenvalue weighted by atomic mass is 10.2. The fourth-order valence-corrected chi connectivity index (χ4v) is 1.70. The van der Waals surface area contributed by atoms with Crippen LogP contribution in [-0.4, -0.2) is 24.9 Å². The molecule has 0 saturated heterocycles. The Labute approximate surface area is 114 Å². The maximum absolute atomic E-state index is 11.7. The van der Waals surface area contributed by atoms with Gasteiger partial charge in [0.1, 0.15) is 0 Å². The van der Waals surface area contributed by atoms with E-state index in [0.717, 1.165) is 5.69 Å². The van der Waals surface area contributed by atoms with E-state index in [1.54, 1.807) is 4.90 Å². The predicted octanol–water partition coefficient (Wildman–Crippen LogP) is 2.20. The first-order chi connectivity index (χ1) is 9.00. The second-order valence-corrected chi connectivity index (χ2v) is 4.95. The second-order valence-electron chi connectivity index (χ2n) is 4.95. The second kappa shape index (κ2) is 7.56. The van der Waals surface area contributed by atoms with Gasteiger partial charge in [-0.3, -0.25) is 9.59 Å². The summed E-state index contributed by atoms with van der Waals surface area (Å²) in [6, 6.07) is 9.40. The van der Waals surface area contributed by atoms with Gasteiger partial charge in [-0.1, -0.05) is 32.0 Å². The van der Waals surface area contributed by atoms with Crippen LogP contribution in [0, 0.1) is 5.92 Å². The molecule has 0 bridgehead atoms. The Morgan fingerprint density at radius 1 is 1.21 bits per heavy atom. The van der Waals surface area contributed by atoms with Gasteiger partial charge in [0.2, 0.25) is 11.8 Å². The molecule has 19 heavy (non-hydrogen) atoms. The average molecular weight is 262 g/mol. The van der Waals surface area contributed by atoms with Gasteiger partial charge in [0.05, 0.1) is 0 Å². The third-order valence-electron chi connectivity index (χ3n) is 2.72. The lowest BCUT2D eigenvalue weighted by molar-refractivity contribution is -0.121. The van der Waals surface area contributed by atoms with Crippen molar-refractivity contribution in [3.63, 3.8) is 0 Å². The van der Waals surface area contributed by atoms with E-state index in [-0.39, 0.29) is 11.8 Å². The summed E-state index contributed by atoms with van der Waals surface area (Å²) in [7, 11) is 0. The Morgan fingerprint density at radius 2 is 1.84 bits per heavy atom. The fourth-order valence-electron chi connectivity index (χ4n) is 1.70. The SMILES string of the molecule is CC(=O)N(CCC(=O)NCC(C)C)c1ccccc1. The summed E-state index contributed by atoms with van der Waals surface area (Å²) in [6.07, 6.45) is 0.321. The summed E-state index contributed by atoms with van der Waals surface area (Å²) in [5, 5.41) is 2.85. The molecule has 0 aromatic heterocycles. The van der Waals surface area contributed by atoms with E-state index < -0.39 is 0 Å². The van der Waals surface area contributed by atoms with Crippen LogP contribution in [0.4, 0.5) is 5.69 Å². The van der Waals surface area contributed by atoms with Crippen molar-refractivity contribution >= 4 is 17.5 Å². The van der Waals surface area contributed by atoms with Crippen LogP contribution in [0.5, 0.6) is 0 Å². The summed E-state index contributed by atoms with van der Waals surface area (Å²) in [4.78, 5) is 24.9. The molecule has 1 aromatic rings. The van der Waals surface area contributed by atoms with Crippen LogP contribution in [0.15, 0.2) is 30.3 Å². The highest BCUT2D eigenvalue weighted by Crippen LogP contribution is 2.13. The van der Waals surface area contributed by atoms with Gasteiger partial charge in [0, 0.05) is 32.1 Å². The molecule has 104 valence electrons. The van der Waals surface area contributed by atoms with Crippen LogP contribution < -0.4 is 10.2 Å². The molecule has 0 spiro atoms. The number of nitrogens with one attached hydrogen (secondary N) is 1. The first kappa shape index (κ1) is 15.2. The van der Waals surface area contributed by atoms with Gasteiger partial charge >= 0.3 is 0 Å². The smallest absolute Gasteiger partial charge is 0.223 e. The summed E-state index contributed by atoms with van der Waals surface area (Å²) >= 11 is 0. The van der Waals surface area contributed by atoms with Gasteiger partial charge in [-0.25, -0.2) is 0 Å². The number of para-hydroxylation sites is 1. The highest BCUT2D eigenvalue weighted by Gasteiger charge is 2.12. The number of carbonyl (C=O) groups excluding carboxylic acids is 2. The molecule has 0 heterocycles. The van der Waals surface area contributed by atoms with E-state index in [1.165, 1.54) is 6.92 Å². The van der Waals surface area contributed by atoms with E-state index in [0.29, 0.717) is 25.4 Å². The zero-order valence-corrected chi connectivity index (χ0v) is 11.8. The Morgan fingerprint density at radius 3 is 2.37 bits per heavy atom. The zero-order chi connectivity index (χ0) is 14.3. The van der Waals surface area contributed by atoms with Crippen LogP contribution >= 0.6 is 0 Å². The molecule has 1 rings (SSSR count). The van der Waals surface area contributed by atoms with Crippen molar-refractivity contribution in [3.8, 4) is 0 Å². The van der Waals surface area contributed by atoms with Crippen molar-refractivity contribution in [1.29, 1.82) is 0 Å². The number of anilines is 1. The Hall–Kier alpha value is -1.84. The maximum Gasteiger partial charge on any atom is 0.223 e. The first-order valence-corrected chi connectivity index (χ1v) is 6.60. The van der Waals surface area contributed by atoms with Gasteiger partial charge in [0.25, 0.3) is 0 Å². The minimum absolute atomic E-state index is 0.0177. The van der Waals surface area contributed by atoms with Crippen molar-refractivity contribution in [2.45, 2.75) is 27.2 Å². The van der Waals surface area contributed by atoms with Crippen LogP contribution in [-0.2, 0) is 9.59 Å². The molecule has 0 aliphatic carbocycles. The van der Waals surface area contributed by atoms with E-state index >= 15 is 0 Å². The third-order valence-corrected chi connectivity index (χ3v) is 2.72. The minimum atomic E-state index is -0.0529. The number of carbonyl (C=O) groups is 2. The van der Waals surface area contributed by atoms with Gasteiger partial charge in [-0.15, -0.1) is 0 Å². The third kappa shape index (κ3) is 5.55. The molecule has 0 aliphatic rings. The Bertz CT molecular complexity index is 415. The quantitative estimate of drug-likeness (QED) is 0.854. The van der Waals surface area contributed by atoms with Gasteiger partial charge < -0.3 is 10.2 Å². The van der Waals surface area contributed by atoms with Crippen molar-refractivity contribution in [1.82, 2.24) is 5.32 Å². The fraction of sp³-hybridized carbons (Fsp3) is 0.467. The molecule has 0 atom stereocenters. The molecular formula is C15H22N2O2. The molecule has 2 amide bonds. The van der Waals surface area contributed by atoms with E-state index in [9.17, 15) is 9.59 Å². The highest BCUT2D eigenvalue weighted by molar-refractivity contribution is 5.92. The Kier molecular flexibility index (Phi) is 6.06. The Balaban J connectivity index is 2.52. The molecule has 0 unspecified atom stereocenters. The lowest BCUT2D eigenvalue weighted by Gasteiger charge is -2.21. The minimum Gasteiger partial charge on any atom is -0.356 e. The van der Waals surface area contributed by atoms with Crippen molar-refractivity contribution in [2.24, 2.45) is 5.92 Å². The maximum atomic E-state index is 11.7. The predicted molar refractivity (Wildman–Crippen MR) is 76.9 cm³/mol. The molecule has 0 fully saturated rings. The normalized spacial score (nSPS) is 10.3. The van der Waals surface area contributed by atoms with Gasteiger partial charge in [0.15, 0.2) is 0 Å². The van der Waals surface area contributed by atoms with Crippen LogP contribution in [0.3, 0.4) is 0 Å². The molecular weight excluding hydrogens is 240 g/mol. The molecule has 1 aromatic carbocycles. The monoisotopic (exact) mass is 262 g/mol. The van der Waals surface area contributed by atoms with Crippen molar-refractivity contribution in [3.05, 3.63) is 30.3 Å². The molecule has 4 nitrogen and oxygen atoms in total. The molecule has 0 radical (unpaired) electrons. The molecule has 0 aliphatic heterocycles. The highest BCUT2D eigenvalue weighted by atomic mass is 16.2. The first-order valence-electron chi connectivity index (χ1n) is 6.60. The summed E-state index contributed by atoms with van der Waals surface area (Å²) in [5.74, 6) is 0.362. The van der Waals surface area contributed by atoms with Gasteiger partial charge in [-0.2, -0.15) is 0 Å². The average Bonchev–Trinajstić information content (AvgIpc) is 2.37. The summed E-state index contributed by atoms with van der Waals surface area (Å²) < 4.78 is 0. The van der Waals surface area contributed by atoms with E-state index in [4.69, 9.17) is 0 Å². The van der Waals surface area contributed by atoms with E-state index in [2.05, 4.69) is 5.32 Å². The molecule has 0 saturated carbocycles. The zero-order valence-electron chi connectivity index (χ0n) is 11.8. The molecule has 4 heteroatoms. The van der Waals surface area contributed by atoms with Crippen molar-refractivity contribution in [2.75, 3.05) is 18.0 Å². The molecule has 1 N–H and O–H groups in total. The summed E-state index contributed by atoms with van der Waals surface area (Å²) in [5.41, 5.74) is 0.826. The number of rotatable bonds is 6. The van der Waals surface area contributed by atoms with Crippen LogP contribution in [0.1, 0.15) is 27.2 Å². The summed E-state index contributed by atoms with van der Waals surface area (Å²) in [6.45, 7) is 6.69. The lowest BCUT2D eigenvalue weighted by Crippen LogP contribution is -2.34. The number of hydrogen-bond donors (Lipinski definition) is 1. The van der Waals surface area contributed by atoms with Crippen LogP contribution in [0.25, 0.3) is 0 Å². The van der Waals surface area contributed by atoms with Gasteiger partial charge in [-0.05, 0) is 18.1 Å². The number of hydrogen-bond acceptors (Lipinski definition) is 2. The topological polar surface area (TPSA) is 49.4 Å².